The lowest BCUT2D eigenvalue weighted by atomic mass is 10.2. The zero-order valence-corrected chi connectivity index (χ0v) is 6.84. The fourth-order valence-corrected chi connectivity index (χ4v) is 0.709. The predicted octanol–water partition coefficient (Wildman–Crippen LogP) is 1.47. The molecule has 0 radical (unpaired) electrons. The Kier molecular flexibility index (Phi) is 10.8. The van der Waals surface area contributed by atoms with Crippen LogP contribution in [0.4, 0.5) is 0 Å². The summed E-state index contributed by atoms with van der Waals surface area (Å²) in [5.41, 5.74) is 5.28. The Bertz CT molecular complexity index is 43.4. The normalized spacial score (nSPS) is 12.4. The van der Waals surface area contributed by atoms with Gasteiger partial charge in [-0.15, -0.1) is 12.4 Å². The number of halogens is 1. The molecular weight excluding hydrogens is 142 g/mol. The van der Waals surface area contributed by atoms with Gasteiger partial charge in [0.15, 0.2) is 0 Å². The highest BCUT2D eigenvalue weighted by Crippen LogP contribution is 2.00. The van der Waals surface area contributed by atoms with Crippen molar-refractivity contribution >= 4 is 25.0 Å². The fourth-order valence-electron chi connectivity index (χ4n) is 0.451. The maximum absolute atomic E-state index is 5.28. The third-order valence-corrected chi connectivity index (χ3v) is 1.36. The maximum Gasteiger partial charge on any atom is 0.0139 e. The van der Waals surface area contributed by atoms with Crippen molar-refractivity contribution in [2.75, 3.05) is 6.54 Å². The molecule has 3 heteroatoms. The Morgan fingerprint density at radius 3 is 2.25 bits per heavy atom. The van der Waals surface area contributed by atoms with Crippen molar-refractivity contribution in [1.29, 1.82) is 0 Å². The monoisotopic (exact) mass is 155 g/mol. The predicted molar refractivity (Wildman–Crippen MR) is 44.0 cm³/mol. The van der Waals surface area contributed by atoms with Crippen molar-refractivity contribution in [2.45, 2.75) is 25.0 Å². The van der Waals surface area contributed by atoms with Crippen LogP contribution in [0.25, 0.3) is 0 Å². The molecule has 1 unspecified atom stereocenters. The van der Waals surface area contributed by atoms with Crippen molar-refractivity contribution in [2.24, 2.45) is 5.73 Å². The van der Waals surface area contributed by atoms with E-state index in [2.05, 4.69) is 19.6 Å². The van der Waals surface area contributed by atoms with Crippen molar-refractivity contribution < 1.29 is 0 Å². The second-order valence-corrected chi connectivity index (χ2v) is 2.41. The summed E-state index contributed by atoms with van der Waals surface area (Å²) in [4.78, 5) is 0. The largest absolute Gasteiger partial charge is 0.329 e. The van der Waals surface area contributed by atoms with E-state index in [-0.39, 0.29) is 12.4 Å². The van der Waals surface area contributed by atoms with E-state index in [1.807, 2.05) is 0 Å². The van der Waals surface area contributed by atoms with Gasteiger partial charge in [0.2, 0.25) is 0 Å². The van der Waals surface area contributed by atoms with Crippen LogP contribution in [-0.4, -0.2) is 11.8 Å². The number of rotatable bonds is 3. The minimum atomic E-state index is 0. The topological polar surface area (TPSA) is 26.0 Å². The van der Waals surface area contributed by atoms with Crippen LogP contribution >= 0.6 is 25.0 Å². The third kappa shape index (κ3) is 6.60. The molecule has 0 rings (SSSR count). The van der Waals surface area contributed by atoms with E-state index in [0.29, 0.717) is 11.8 Å². The van der Waals surface area contributed by atoms with Gasteiger partial charge in [0.25, 0.3) is 0 Å². The Hall–Kier alpha value is 0.600. The first-order valence-corrected chi connectivity index (χ1v) is 3.21. The van der Waals surface area contributed by atoms with Gasteiger partial charge in [-0.05, 0) is 6.42 Å². The lowest BCUT2D eigenvalue weighted by Gasteiger charge is -2.01. The van der Waals surface area contributed by atoms with Crippen LogP contribution in [0.5, 0.6) is 0 Å². The van der Waals surface area contributed by atoms with E-state index in [0.717, 1.165) is 6.42 Å². The third-order valence-electron chi connectivity index (χ3n) is 0.894. The highest BCUT2D eigenvalue weighted by atomic mass is 35.5. The van der Waals surface area contributed by atoms with Gasteiger partial charge in [-0.3, -0.25) is 0 Å². The molecule has 0 saturated carbocycles. The molecule has 0 fully saturated rings. The van der Waals surface area contributed by atoms with E-state index >= 15 is 0 Å². The first-order chi connectivity index (χ1) is 3.31. The average molecular weight is 156 g/mol. The first kappa shape index (κ1) is 11.4. The van der Waals surface area contributed by atoms with E-state index < -0.39 is 0 Å². The van der Waals surface area contributed by atoms with Crippen molar-refractivity contribution in [1.82, 2.24) is 0 Å². The second-order valence-electron chi connectivity index (χ2n) is 1.68. The van der Waals surface area contributed by atoms with Crippen LogP contribution in [0.1, 0.15) is 19.8 Å². The smallest absolute Gasteiger partial charge is 0.0139 e. The zero-order valence-electron chi connectivity index (χ0n) is 5.13. The summed E-state index contributed by atoms with van der Waals surface area (Å²) in [5.74, 6) is 0. The number of hydrogen-bond acceptors (Lipinski definition) is 2. The van der Waals surface area contributed by atoms with Gasteiger partial charge in [-0.2, -0.15) is 12.6 Å². The second kappa shape index (κ2) is 7.60. The van der Waals surface area contributed by atoms with Gasteiger partial charge >= 0.3 is 0 Å². The van der Waals surface area contributed by atoms with Crippen molar-refractivity contribution in [3.05, 3.63) is 0 Å². The minimum Gasteiger partial charge on any atom is -0.329 e. The molecule has 1 atom stereocenters. The molecule has 0 amide bonds. The van der Waals surface area contributed by atoms with Crippen LogP contribution in [0.15, 0.2) is 0 Å². The number of nitrogens with two attached hydrogens (primary N) is 1. The lowest BCUT2D eigenvalue weighted by molar-refractivity contribution is 0.748. The molecule has 0 aromatic heterocycles. The molecule has 0 bridgehead atoms. The molecule has 1 nitrogen and oxygen atoms in total. The van der Waals surface area contributed by atoms with E-state index in [9.17, 15) is 0 Å². The highest BCUT2D eigenvalue weighted by molar-refractivity contribution is 7.81. The summed E-state index contributed by atoms with van der Waals surface area (Å²) in [6.07, 6.45) is 2.32. The zero-order chi connectivity index (χ0) is 5.70. The summed E-state index contributed by atoms with van der Waals surface area (Å²) in [6, 6.07) is 0. The lowest BCUT2D eigenvalue weighted by Crippen LogP contribution is -2.13. The molecule has 0 aliphatic carbocycles. The van der Waals surface area contributed by atoms with Crippen LogP contribution in [-0.2, 0) is 0 Å². The Balaban J connectivity index is 0. The molecule has 0 saturated heterocycles. The molecule has 0 aliphatic heterocycles. The summed E-state index contributed by atoms with van der Waals surface area (Å²) in [6.45, 7) is 2.84. The SMILES string of the molecule is CCCC(S)CN.Cl. The molecule has 8 heavy (non-hydrogen) atoms. The van der Waals surface area contributed by atoms with Crippen LogP contribution in [0.2, 0.25) is 0 Å². The summed E-state index contributed by atoms with van der Waals surface area (Å²) >= 11 is 4.19. The molecular formula is C5H14ClNS. The molecule has 0 aromatic carbocycles. The minimum absolute atomic E-state index is 0. The van der Waals surface area contributed by atoms with Crippen molar-refractivity contribution in [3.63, 3.8) is 0 Å². The Labute approximate surface area is 62.8 Å². The molecule has 2 N–H and O–H groups in total. The first-order valence-electron chi connectivity index (χ1n) is 2.69. The van der Waals surface area contributed by atoms with Gasteiger partial charge in [-0.1, -0.05) is 13.3 Å². The number of thiol groups is 1. The van der Waals surface area contributed by atoms with Gasteiger partial charge < -0.3 is 5.73 Å². The Morgan fingerprint density at radius 1 is 1.62 bits per heavy atom. The summed E-state index contributed by atoms with van der Waals surface area (Å²) in [7, 11) is 0. The van der Waals surface area contributed by atoms with Crippen LogP contribution in [0, 0.1) is 0 Å². The van der Waals surface area contributed by atoms with E-state index in [1.54, 1.807) is 0 Å². The summed E-state index contributed by atoms with van der Waals surface area (Å²) in [5, 5.41) is 0.421. The average Bonchev–Trinajstić information content (AvgIpc) is 1.68. The standard InChI is InChI=1S/C5H13NS.ClH/c1-2-3-5(7)4-6;/h5,7H,2-4,6H2,1H3;1H. The fraction of sp³-hybridized carbons (Fsp3) is 1.00. The van der Waals surface area contributed by atoms with Gasteiger partial charge in [0, 0.05) is 11.8 Å². The quantitative estimate of drug-likeness (QED) is 0.594. The maximum atomic E-state index is 5.28. The van der Waals surface area contributed by atoms with Crippen LogP contribution in [0.3, 0.4) is 0 Å². The highest BCUT2D eigenvalue weighted by Gasteiger charge is 1.93. The van der Waals surface area contributed by atoms with Gasteiger partial charge in [0.1, 0.15) is 0 Å². The molecule has 52 valence electrons. The molecule has 0 heterocycles. The Morgan fingerprint density at radius 2 is 2.12 bits per heavy atom. The molecule has 0 aliphatic rings. The van der Waals surface area contributed by atoms with E-state index in [1.165, 1.54) is 6.42 Å². The number of hydrogen-bond donors (Lipinski definition) is 2. The van der Waals surface area contributed by atoms with E-state index in [4.69, 9.17) is 5.73 Å². The summed E-state index contributed by atoms with van der Waals surface area (Å²) < 4.78 is 0. The van der Waals surface area contributed by atoms with Crippen molar-refractivity contribution in [3.8, 4) is 0 Å². The van der Waals surface area contributed by atoms with Gasteiger partial charge in [-0.25, -0.2) is 0 Å². The molecule has 0 spiro atoms. The van der Waals surface area contributed by atoms with Gasteiger partial charge in [0.05, 0.1) is 0 Å². The molecule has 0 aromatic rings. The van der Waals surface area contributed by atoms with Crippen LogP contribution < -0.4 is 5.73 Å².